The first kappa shape index (κ1) is 56.5. The number of hydrogen-bond donors (Lipinski definition) is 7. The lowest BCUT2D eigenvalue weighted by Crippen LogP contribution is -2.86. The van der Waals surface area contributed by atoms with E-state index in [-0.39, 0.29) is 67.4 Å². The number of fused-ring (bicyclic) bond motifs is 2. The Hall–Kier alpha value is -4.44. The van der Waals surface area contributed by atoms with Gasteiger partial charge in [0.15, 0.2) is 0 Å². The number of allylic oxidation sites excluding steroid dienone is 2. The standard InChI is InChI=1S/C77H93NO9/c1-78-64-34-58-48(12-5-16-53(58)40-79)23-25-71-37-52-20-21-56-49(13-6-14-50(56)30-54(52)38-71)29-46-9-4-8-44(28-46)18-19-45-22-26-72(36-45)42-74(43-80)65-24-27-73(41-71)67-55(31-60(64)68-61(67)35-66(81)87-68)39-75(73,84)77(65,86)70(83)63-33-59-51(32-62(69(72)82)76(63,74)85)15-7-17-57(59)47-10-2-3-11-47/h4-9,12-16,28,35,43,45,47,51-52,54-55,57,59-60,62-65,67-70,78-79,82-86H,2-3,10-11,17-22,24,26-27,29-34,36-42H2,1H3/t45-,51-,52+,54-,55-,57-,59+,60-,62+,63-,64+,65-,67-,68-,69-,70-,71-,72+,73+,74+,75-,76-,77+/m1/s1. The molecule has 1 aliphatic heterocycles. The lowest BCUT2D eigenvalue weighted by molar-refractivity contribution is -0.385. The number of nitrogens with one attached hydrogen (secondary N) is 1. The lowest BCUT2D eigenvalue weighted by Gasteiger charge is -2.75. The highest BCUT2D eigenvalue weighted by Gasteiger charge is 2.87. The Labute approximate surface area is 514 Å². The number of aryl methyl sites for hydroxylation is 1. The Morgan fingerprint density at radius 3 is 2.38 bits per heavy atom. The molecule has 0 amide bonds. The zero-order chi connectivity index (χ0) is 59.2. The van der Waals surface area contributed by atoms with Crippen molar-refractivity contribution in [2.24, 2.45) is 98.6 Å². The third-order valence-corrected chi connectivity index (χ3v) is 29.3. The van der Waals surface area contributed by atoms with Crippen molar-refractivity contribution in [1.82, 2.24) is 5.32 Å². The first-order chi connectivity index (χ1) is 42.1. The van der Waals surface area contributed by atoms with Gasteiger partial charge in [0.05, 0.1) is 29.8 Å². The highest BCUT2D eigenvalue weighted by Crippen LogP contribution is 2.81. The second-order valence-corrected chi connectivity index (χ2v) is 32.4. The van der Waals surface area contributed by atoms with E-state index in [9.17, 15) is 25.2 Å². The highest BCUT2D eigenvalue weighted by molar-refractivity contribution is 5.86. The molecule has 0 saturated heterocycles. The maximum Gasteiger partial charge on any atom is 0.331 e. The van der Waals surface area contributed by atoms with E-state index in [0.717, 1.165) is 106 Å². The van der Waals surface area contributed by atoms with Crippen molar-refractivity contribution in [2.75, 3.05) is 7.05 Å². The number of ether oxygens (including phenoxy) is 1. The predicted octanol–water partition coefficient (Wildman–Crippen LogP) is 10.0. The minimum Gasteiger partial charge on any atom is -0.454 e. The molecule has 17 bridgehead atoms. The number of carbonyl (C=O) groups is 2. The smallest absolute Gasteiger partial charge is 0.331 e. The summed E-state index contributed by atoms with van der Waals surface area (Å²) in [6.45, 7) is -0.139. The van der Waals surface area contributed by atoms with Crippen LogP contribution in [0.3, 0.4) is 0 Å². The van der Waals surface area contributed by atoms with Gasteiger partial charge in [-0.05, 0) is 251 Å². The summed E-state index contributed by atoms with van der Waals surface area (Å²) in [4.78, 5) is 30.1. The van der Waals surface area contributed by atoms with Crippen molar-refractivity contribution in [3.05, 3.63) is 129 Å². The van der Waals surface area contributed by atoms with E-state index in [1.54, 1.807) is 6.08 Å². The highest BCUT2D eigenvalue weighted by atomic mass is 16.5. The second kappa shape index (κ2) is 20.0. The normalized spacial score (nSPS) is 47.8. The van der Waals surface area contributed by atoms with Gasteiger partial charge in [-0.2, -0.15) is 0 Å². The number of carbonyl (C=O) groups excluding carboxylic acids is 2. The molecule has 460 valence electrons. The van der Waals surface area contributed by atoms with Gasteiger partial charge in [-0.3, -0.25) is 0 Å². The van der Waals surface area contributed by atoms with Gasteiger partial charge in [-0.15, -0.1) is 0 Å². The number of rotatable bonds is 4. The van der Waals surface area contributed by atoms with Gasteiger partial charge in [-0.1, -0.05) is 104 Å². The van der Waals surface area contributed by atoms with E-state index in [1.807, 2.05) is 19.2 Å². The monoisotopic (exact) mass is 1180 g/mol. The zero-order valence-corrected chi connectivity index (χ0v) is 51.2. The molecule has 17 aliphatic rings. The molecule has 7 N–H and O–H groups in total. The number of aldehydes is 1. The van der Waals surface area contributed by atoms with Crippen molar-refractivity contribution >= 4 is 12.3 Å². The fourth-order valence-electron chi connectivity index (χ4n) is 26.1. The van der Waals surface area contributed by atoms with E-state index in [4.69, 9.17) is 4.74 Å². The zero-order valence-electron chi connectivity index (χ0n) is 51.2. The van der Waals surface area contributed by atoms with Crippen molar-refractivity contribution < 1.29 is 45.0 Å². The summed E-state index contributed by atoms with van der Waals surface area (Å²) in [5, 5.41) is 89.0. The minimum atomic E-state index is -2.29. The Morgan fingerprint density at radius 1 is 0.736 bits per heavy atom. The molecule has 23 atom stereocenters. The van der Waals surface area contributed by atoms with Crippen LogP contribution >= 0.6 is 0 Å². The first-order valence-corrected chi connectivity index (χ1v) is 34.8. The van der Waals surface area contributed by atoms with Crippen molar-refractivity contribution in [2.45, 2.75) is 208 Å². The quantitative estimate of drug-likeness (QED) is 0.0576. The molecule has 3 aromatic rings. The molecule has 1 heterocycles. The van der Waals surface area contributed by atoms with Crippen LogP contribution in [0.1, 0.15) is 173 Å². The van der Waals surface area contributed by atoms with Crippen LogP contribution in [0.15, 0.2) is 84.5 Å². The SMILES string of the molecule is CN[C@H]1Cc2c(cccc2CO)C#C[C@]23C[C@H]4Cc5cccc(c5CC[C@H]4C2)Cc2cccc(c2)CC[C@@H]2CC[C@]4(C2)C[C@]2(C=O)[C@H]5CC[C@]6(C3)[C@H]3C7=CC(=O)O[C@@H]7[C@@H]1C[C@@H]3C[C@]6(O)[C@@]5(O)[C@H](O)[C@H]1C[C@H]3[C@H](C=CC[C@@H]3C3CCCC3)C[C@@H]([C@H]4O)[C@@]12O. The van der Waals surface area contributed by atoms with Gasteiger partial charge >= 0.3 is 5.97 Å². The molecule has 0 unspecified atom stereocenters. The van der Waals surface area contributed by atoms with Crippen LogP contribution in [0.2, 0.25) is 0 Å². The molecule has 16 aliphatic carbocycles. The fourth-order valence-corrected chi connectivity index (χ4v) is 26.1. The molecule has 10 nitrogen and oxygen atoms in total. The van der Waals surface area contributed by atoms with Gasteiger partial charge in [0.25, 0.3) is 0 Å². The van der Waals surface area contributed by atoms with Crippen LogP contribution in [-0.2, 0) is 53.0 Å². The van der Waals surface area contributed by atoms with Gasteiger partial charge < -0.3 is 45.5 Å². The molecule has 3 aromatic carbocycles. The molecule has 87 heavy (non-hydrogen) atoms. The van der Waals surface area contributed by atoms with Crippen LogP contribution < -0.4 is 5.32 Å². The van der Waals surface area contributed by atoms with E-state index in [0.29, 0.717) is 69.1 Å². The summed E-state index contributed by atoms with van der Waals surface area (Å²) in [7, 11) is 1.96. The molecule has 10 heteroatoms. The number of esters is 1. The topological polar surface area (TPSA) is 177 Å². The average Bonchev–Trinajstić information content (AvgIpc) is 1.62. The Morgan fingerprint density at radius 2 is 1.54 bits per heavy atom. The first-order valence-electron chi connectivity index (χ1n) is 34.8. The van der Waals surface area contributed by atoms with E-state index < -0.39 is 86.4 Å². The van der Waals surface area contributed by atoms with Gasteiger partial charge in [0.1, 0.15) is 23.6 Å². The molecule has 0 aromatic heterocycles. The largest absolute Gasteiger partial charge is 0.454 e. The van der Waals surface area contributed by atoms with Crippen molar-refractivity contribution in [3.8, 4) is 11.8 Å². The molecule has 0 radical (unpaired) electrons. The number of likely N-dealkylation sites (N-methyl/N-ethyl adjacent to an activating group) is 1. The Balaban J connectivity index is 0.908. The van der Waals surface area contributed by atoms with E-state index in [2.05, 4.69) is 77.8 Å². The summed E-state index contributed by atoms with van der Waals surface area (Å²) in [5.74, 6) is 5.63. The Kier molecular flexibility index (Phi) is 13.0. The minimum absolute atomic E-state index is 0.0129. The van der Waals surface area contributed by atoms with Crippen LogP contribution in [0.5, 0.6) is 0 Å². The van der Waals surface area contributed by atoms with Crippen LogP contribution in [0.25, 0.3) is 0 Å². The number of aliphatic hydroxyl groups excluding tert-OH is 3. The molecule has 20 rings (SSSR count). The van der Waals surface area contributed by atoms with Gasteiger partial charge in [-0.25, -0.2) is 4.79 Å². The summed E-state index contributed by atoms with van der Waals surface area (Å²) < 4.78 is 6.61. The summed E-state index contributed by atoms with van der Waals surface area (Å²) in [6, 6.07) is 22.1. The van der Waals surface area contributed by atoms with Crippen molar-refractivity contribution in [1.29, 1.82) is 0 Å². The van der Waals surface area contributed by atoms with Crippen molar-refractivity contribution in [3.63, 3.8) is 0 Å². The summed E-state index contributed by atoms with van der Waals surface area (Å²) in [6.07, 6.45) is 22.8. The Bertz CT molecular complexity index is 3450. The molecule has 9 saturated carbocycles. The van der Waals surface area contributed by atoms with Gasteiger partial charge in [0.2, 0.25) is 0 Å². The third kappa shape index (κ3) is 7.72. The maximum absolute atomic E-state index is 15.7. The molecule has 9 fully saturated rings. The molecule has 3 spiro atoms. The maximum atomic E-state index is 15.7. The summed E-state index contributed by atoms with van der Waals surface area (Å²) in [5.41, 5.74) is 0.105. The number of aliphatic hydroxyl groups is 6. The molecular weight excluding hydrogens is 1080 g/mol. The summed E-state index contributed by atoms with van der Waals surface area (Å²) >= 11 is 0. The number of hydrogen-bond acceptors (Lipinski definition) is 10. The van der Waals surface area contributed by atoms with Crippen LogP contribution in [0, 0.1) is 110 Å². The molecular formula is C77H93NO9. The van der Waals surface area contributed by atoms with Crippen LogP contribution in [0.4, 0.5) is 0 Å². The van der Waals surface area contributed by atoms with E-state index in [1.165, 1.54) is 40.7 Å². The van der Waals surface area contributed by atoms with Crippen LogP contribution in [-0.4, -0.2) is 91.1 Å². The third-order valence-electron chi connectivity index (χ3n) is 29.3. The predicted molar refractivity (Wildman–Crippen MR) is 330 cm³/mol. The lowest BCUT2D eigenvalue weighted by atomic mass is 9.32. The average molecular weight is 1180 g/mol. The van der Waals surface area contributed by atoms with E-state index >= 15 is 15.0 Å². The number of benzene rings is 3. The van der Waals surface area contributed by atoms with Gasteiger partial charge in [0, 0.05) is 52.2 Å². The second-order valence-electron chi connectivity index (χ2n) is 32.4. The fraction of sp³-hybridized carbons (Fsp3) is 0.662.